The van der Waals surface area contributed by atoms with E-state index in [1.807, 2.05) is 6.20 Å². The highest BCUT2D eigenvalue weighted by Gasteiger charge is 2.38. The lowest BCUT2D eigenvalue weighted by Crippen LogP contribution is -2.30. The molecule has 2 fully saturated rings. The molecule has 2 aliphatic carbocycles. The van der Waals surface area contributed by atoms with Crippen LogP contribution in [-0.2, 0) is 6.42 Å². The summed E-state index contributed by atoms with van der Waals surface area (Å²) in [6.07, 6.45) is 9.68. The fraction of sp³-hybridized carbons (Fsp3) is 0.533. The van der Waals surface area contributed by atoms with Crippen LogP contribution in [0.3, 0.4) is 0 Å². The summed E-state index contributed by atoms with van der Waals surface area (Å²) >= 11 is 0. The Hall–Kier alpha value is -1.13. The number of rotatable bonds is 5. The number of hydrogen-bond acceptors (Lipinski definition) is 2. The quantitative estimate of drug-likeness (QED) is 0.918. The number of nitrogens with one attached hydrogen (secondary N) is 1. The highest BCUT2D eigenvalue weighted by atomic mass is 35.5. The average molecular weight is 296 g/mol. The zero-order valence-corrected chi connectivity index (χ0v) is 12.1. The van der Waals surface area contributed by atoms with E-state index < -0.39 is 0 Å². The molecule has 2 aliphatic rings. The molecule has 0 saturated heterocycles. The van der Waals surface area contributed by atoms with E-state index >= 15 is 0 Å². The van der Waals surface area contributed by atoms with E-state index in [2.05, 4.69) is 14.9 Å². The van der Waals surface area contributed by atoms with Gasteiger partial charge in [-0.2, -0.15) is 0 Å². The van der Waals surface area contributed by atoms with Gasteiger partial charge in [0.1, 0.15) is 11.5 Å². The molecule has 20 heavy (non-hydrogen) atoms. The summed E-state index contributed by atoms with van der Waals surface area (Å²) in [6.45, 7) is 1.10. The molecule has 3 nitrogen and oxygen atoms in total. The molecule has 2 saturated carbocycles. The first-order valence-corrected chi connectivity index (χ1v) is 7.18. The van der Waals surface area contributed by atoms with Crippen LogP contribution >= 0.6 is 12.4 Å². The molecule has 2 heterocycles. The molecule has 0 atom stereocenters. The Labute approximate surface area is 124 Å². The molecular formula is C15H19ClFN3. The fourth-order valence-corrected chi connectivity index (χ4v) is 2.96. The normalized spacial score (nSPS) is 18.5. The Morgan fingerprint density at radius 3 is 2.60 bits per heavy atom. The molecule has 108 valence electrons. The maximum absolute atomic E-state index is 13.3. The average Bonchev–Trinajstić information content (AvgIpc) is 3.30. The van der Waals surface area contributed by atoms with Crippen LogP contribution in [0.15, 0.2) is 18.5 Å². The Bertz CT molecular complexity index is 592. The number of halogens is 2. The number of hydrogen-bond donors (Lipinski definition) is 1. The molecule has 0 unspecified atom stereocenters. The molecule has 0 radical (unpaired) electrons. The first-order chi connectivity index (χ1) is 9.31. The second-order valence-electron chi connectivity index (χ2n) is 5.81. The van der Waals surface area contributed by atoms with Gasteiger partial charge in [-0.1, -0.05) is 0 Å². The van der Waals surface area contributed by atoms with Crippen molar-refractivity contribution in [3.05, 3.63) is 29.8 Å². The van der Waals surface area contributed by atoms with Gasteiger partial charge in [-0.25, -0.2) is 9.37 Å². The molecular weight excluding hydrogens is 277 g/mol. The van der Waals surface area contributed by atoms with Crippen molar-refractivity contribution in [3.63, 3.8) is 0 Å². The summed E-state index contributed by atoms with van der Waals surface area (Å²) in [5.74, 6) is -0.255. The fourth-order valence-electron chi connectivity index (χ4n) is 2.96. The third kappa shape index (κ3) is 2.67. The Balaban J connectivity index is 0.00000121. The maximum atomic E-state index is 13.3. The molecule has 0 bridgehead atoms. The van der Waals surface area contributed by atoms with Crippen molar-refractivity contribution in [2.75, 3.05) is 6.54 Å². The lowest BCUT2D eigenvalue weighted by Gasteiger charge is -2.21. The van der Waals surface area contributed by atoms with Gasteiger partial charge in [0.05, 0.1) is 6.20 Å². The Kier molecular flexibility index (Phi) is 3.69. The van der Waals surface area contributed by atoms with Crippen molar-refractivity contribution in [2.24, 2.45) is 0 Å². The maximum Gasteiger partial charge on any atom is 0.142 e. The number of fused-ring (bicyclic) bond motifs is 1. The van der Waals surface area contributed by atoms with Crippen molar-refractivity contribution in [1.29, 1.82) is 0 Å². The molecule has 0 amide bonds. The van der Waals surface area contributed by atoms with Gasteiger partial charge < -0.3 is 4.98 Å². The van der Waals surface area contributed by atoms with Crippen LogP contribution in [0.5, 0.6) is 0 Å². The van der Waals surface area contributed by atoms with E-state index in [-0.39, 0.29) is 18.2 Å². The smallest absolute Gasteiger partial charge is 0.142 e. The lowest BCUT2D eigenvalue weighted by molar-refractivity contribution is 0.256. The van der Waals surface area contributed by atoms with Crippen LogP contribution in [0.2, 0.25) is 0 Å². The second-order valence-corrected chi connectivity index (χ2v) is 5.81. The summed E-state index contributed by atoms with van der Waals surface area (Å²) in [4.78, 5) is 9.87. The number of pyridine rings is 1. The van der Waals surface area contributed by atoms with Crippen molar-refractivity contribution in [1.82, 2.24) is 14.9 Å². The minimum Gasteiger partial charge on any atom is -0.346 e. The molecule has 2 aromatic rings. The first kappa shape index (κ1) is 13.8. The van der Waals surface area contributed by atoms with E-state index in [1.54, 1.807) is 6.07 Å². The predicted molar refractivity (Wildman–Crippen MR) is 79.8 cm³/mol. The van der Waals surface area contributed by atoms with E-state index in [0.717, 1.165) is 36.1 Å². The van der Waals surface area contributed by atoms with Gasteiger partial charge in [0.2, 0.25) is 0 Å². The van der Waals surface area contributed by atoms with Gasteiger partial charge in [-0.3, -0.25) is 4.90 Å². The third-order valence-corrected chi connectivity index (χ3v) is 4.25. The number of aromatic nitrogens is 2. The standard InChI is InChI=1S/C15H18FN3.ClH/c16-11-7-14-10(8-17-15(14)18-9-11)5-6-19(12-1-2-12)13-3-4-13;/h7-9,12-13H,1-6H2,(H,17,18);1H. The third-order valence-electron chi connectivity index (χ3n) is 4.25. The SMILES string of the molecule is Cl.Fc1cnc2[nH]cc(CCN(C3CC3)C3CC3)c2c1. The molecule has 0 spiro atoms. The van der Waals surface area contributed by atoms with Gasteiger partial charge in [0.15, 0.2) is 0 Å². The van der Waals surface area contributed by atoms with E-state index in [4.69, 9.17) is 0 Å². The monoisotopic (exact) mass is 295 g/mol. The largest absolute Gasteiger partial charge is 0.346 e. The van der Waals surface area contributed by atoms with E-state index in [9.17, 15) is 4.39 Å². The van der Waals surface area contributed by atoms with Crippen molar-refractivity contribution >= 4 is 23.4 Å². The minimum atomic E-state index is -0.255. The molecule has 1 N–H and O–H groups in total. The Morgan fingerprint density at radius 2 is 1.95 bits per heavy atom. The van der Waals surface area contributed by atoms with Gasteiger partial charge >= 0.3 is 0 Å². The Morgan fingerprint density at radius 1 is 1.25 bits per heavy atom. The summed E-state index contributed by atoms with van der Waals surface area (Å²) in [7, 11) is 0. The van der Waals surface area contributed by atoms with Crippen LogP contribution < -0.4 is 0 Å². The summed E-state index contributed by atoms with van der Waals surface area (Å²) < 4.78 is 13.3. The first-order valence-electron chi connectivity index (χ1n) is 7.18. The van der Waals surface area contributed by atoms with Crippen molar-refractivity contribution in [3.8, 4) is 0 Å². The number of H-pyrrole nitrogens is 1. The molecule has 0 aliphatic heterocycles. The van der Waals surface area contributed by atoms with Crippen LogP contribution in [0.1, 0.15) is 31.2 Å². The van der Waals surface area contributed by atoms with Crippen LogP contribution in [0, 0.1) is 5.82 Å². The number of nitrogens with zero attached hydrogens (tertiary/aromatic N) is 2. The van der Waals surface area contributed by atoms with Crippen molar-refractivity contribution in [2.45, 2.75) is 44.2 Å². The van der Waals surface area contributed by atoms with Gasteiger partial charge in [0, 0.05) is 30.2 Å². The molecule has 2 aromatic heterocycles. The molecule has 4 rings (SSSR count). The topological polar surface area (TPSA) is 31.9 Å². The zero-order valence-electron chi connectivity index (χ0n) is 11.3. The summed E-state index contributed by atoms with van der Waals surface area (Å²) in [5, 5.41) is 0.937. The molecule has 5 heteroatoms. The summed E-state index contributed by atoms with van der Waals surface area (Å²) in [6, 6.07) is 3.24. The highest BCUT2D eigenvalue weighted by Crippen LogP contribution is 2.37. The lowest BCUT2D eigenvalue weighted by atomic mass is 10.1. The molecule has 0 aromatic carbocycles. The van der Waals surface area contributed by atoms with Crippen LogP contribution in [-0.4, -0.2) is 33.5 Å². The van der Waals surface area contributed by atoms with Gasteiger partial charge in [0.25, 0.3) is 0 Å². The highest BCUT2D eigenvalue weighted by molar-refractivity contribution is 5.85. The van der Waals surface area contributed by atoms with Gasteiger partial charge in [-0.15, -0.1) is 12.4 Å². The predicted octanol–water partition coefficient (Wildman–Crippen LogP) is 3.29. The van der Waals surface area contributed by atoms with Crippen LogP contribution in [0.4, 0.5) is 4.39 Å². The van der Waals surface area contributed by atoms with Gasteiger partial charge in [-0.05, 0) is 43.7 Å². The van der Waals surface area contributed by atoms with E-state index in [0.29, 0.717) is 0 Å². The zero-order chi connectivity index (χ0) is 12.8. The van der Waals surface area contributed by atoms with Crippen molar-refractivity contribution < 1.29 is 4.39 Å². The number of aromatic amines is 1. The second kappa shape index (κ2) is 5.34. The minimum absolute atomic E-state index is 0. The van der Waals surface area contributed by atoms with Crippen LogP contribution in [0.25, 0.3) is 11.0 Å². The van der Waals surface area contributed by atoms with E-state index in [1.165, 1.54) is 37.4 Å². The summed E-state index contributed by atoms with van der Waals surface area (Å²) in [5.41, 5.74) is 1.98.